The third-order valence-electron chi connectivity index (χ3n) is 29.6. The molecule has 21 rings (SSSR count). The van der Waals surface area contributed by atoms with E-state index in [2.05, 4.69) is 110 Å². The summed E-state index contributed by atoms with van der Waals surface area (Å²) in [5.74, 6) is -0.315. The number of carbonyl (C=O) groups excluding carboxylic acids is 3. The molecule has 4 aliphatic carbocycles. The highest BCUT2D eigenvalue weighted by Crippen LogP contribution is 2.52. The monoisotopic (exact) mass is 2000 g/mol. The Morgan fingerprint density at radius 3 is 1.44 bits per heavy atom. The van der Waals surface area contributed by atoms with Crippen molar-refractivity contribution in [3.05, 3.63) is 164 Å². The smallest absolute Gasteiger partial charge is 0.497 e. The van der Waals surface area contributed by atoms with Gasteiger partial charge in [-0.3, -0.25) is 38.4 Å². The highest BCUT2D eigenvalue weighted by atomic mass is 32.2. The highest BCUT2D eigenvalue weighted by molar-refractivity contribution is 7.88. The van der Waals surface area contributed by atoms with Gasteiger partial charge in [0.1, 0.15) is 28.1 Å². The number of morpholine rings is 1. The molecule has 12 heterocycles. The minimum atomic E-state index is -6.00. The number of halogens is 4. The van der Waals surface area contributed by atoms with E-state index in [0.29, 0.717) is 59.7 Å². The van der Waals surface area contributed by atoms with Crippen LogP contribution in [0.2, 0.25) is 0 Å². The molecule has 11 aliphatic rings. The summed E-state index contributed by atoms with van der Waals surface area (Å²) in [6, 6.07) is 34.2. The molecular weight excluding hydrogens is 1860 g/mol. The Morgan fingerprint density at radius 1 is 0.570 bits per heavy atom. The minimum absolute atomic E-state index is 0.0591. The molecular formula is C102H135BF4N20O13S2. The van der Waals surface area contributed by atoms with E-state index in [-0.39, 0.29) is 40.7 Å². The van der Waals surface area contributed by atoms with E-state index >= 15 is 0 Å². The number of amides is 3. The highest BCUT2D eigenvalue weighted by Gasteiger charge is 2.48. The standard InChI is InChI=1S/C43H53N7O5S.C36H41N5O6S.C11H16N5O.C7H14N2.C5H11NO.BF4/c1-6-47-24-33-22-32(47)25-48(33)43(52)38-26(2)44-50(31-13-10-14-31)40(38)30-19-29-20-34(55-5)16-18-35(29)41-39(27-11-8-7-9-12-27)36-17-15-28(21-37(36)49(41)23-30)42(51)45-56(53,54)46(3)4;1-21-31(36(43)44)33(41(37-21)26-11-8-12-26)25-17-24-18-27(47-4)14-16-28(24)34-32(22-9-6-5-7-10-22)29-15-13-23(19-30(29)40(34)20-25)35(42)38-48(45,46)39(2)3;1-14(2)11(15(3)4)17-16-10-8-6-5-7-9(10)12-13-16;1-2-9-5-6-3-7(9)4-8-6;1-6-2-4-7-5-3-6;2-1(3,4)5/h15-21,27,31-33H,6-14,22-25H2,1-5H3,(H,45,51);13-19,22,26H,5-12,20H2,1-4H3,(H,38,42)(H,43,44);5-8H,1-4H3;6-8H,2-5H2,1H3;2-5H2,1H3;/q;;+1;;;-1/t32-,33-;;;6-,7-;;/m0..0../s1. The number of para-hydroxylation sites is 1. The van der Waals surface area contributed by atoms with Crippen molar-refractivity contribution in [2.24, 2.45) is 0 Å². The third-order valence-corrected chi connectivity index (χ3v) is 32.5. The number of benzene rings is 5. The zero-order chi connectivity index (χ0) is 101. The van der Waals surface area contributed by atoms with E-state index in [4.69, 9.17) is 29.2 Å². The number of allylic oxidation sites excluding steroid dienone is 2. The predicted molar refractivity (Wildman–Crippen MR) is 543 cm³/mol. The molecule has 5 saturated heterocycles. The number of methoxy groups -OCH3 is 2. The van der Waals surface area contributed by atoms with E-state index in [1.54, 1.807) is 39.3 Å². The van der Waals surface area contributed by atoms with Crippen molar-refractivity contribution in [3.8, 4) is 34.0 Å². The molecule has 9 fully saturated rings. The fourth-order valence-corrected chi connectivity index (χ4v) is 23.0. The SMILES string of the molecule is CCN1C[C@@H]2C[C@H]1CN2.CCN1C[C@@H]2C[C@H]1CN2C(=O)c1c(C)nn(C2CCC2)c1C1=Cc2cc(OC)ccc2-c2c(C3CCCCC3)c3ccc(C(=O)NS(=O)(=O)N(C)C)cc3n2C1.CN(C)C(On1nnc2ccccc21)=[N+](C)C.CN1CCOCC1.COc1ccc2c(c1)C=C(c1c(C(=O)O)c(C)nn1C1CCC1)Cn1c-2c(C2CCCCC2)c2ccc(C(=O)NS(=O)(=O)N(C)C)cc21.F[B-](F)(F)F. The van der Waals surface area contributed by atoms with Crippen LogP contribution in [0.25, 0.3) is 78.7 Å². The number of amidine groups is 1. The molecule has 0 spiro atoms. The van der Waals surface area contributed by atoms with Crippen LogP contribution in [0.3, 0.4) is 0 Å². The molecule has 5 aromatic heterocycles. The van der Waals surface area contributed by atoms with Crippen LogP contribution in [0, 0.1) is 13.8 Å². The summed E-state index contributed by atoms with van der Waals surface area (Å²) in [5, 5.41) is 34.0. The molecule has 4 N–H and O–H groups in total. The second-order valence-corrected chi connectivity index (χ2v) is 43.5. The van der Waals surface area contributed by atoms with Gasteiger partial charge < -0.3 is 60.8 Å². The largest absolute Gasteiger partial charge is 0.673 e. The second-order valence-electron chi connectivity index (χ2n) is 39.7. The lowest BCUT2D eigenvalue weighted by molar-refractivity contribution is -0.480. The van der Waals surface area contributed by atoms with Gasteiger partial charge in [-0.05, 0) is 246 Å². The molecule has 7 aliphatic heterocycles. The maximum absolute atomic E-state index is 14.9. The number of fused-ring (bicyclic) bond motifs is 15. The zero-order valence-electron chi connectivity index (χ0n) is 84.1. The Hall–Kier alpha value is -11.4. The lowest BCUT2D eigenvalue weighted by Gasteiger charge is -2.34. The first-order chi connectivity index (χ1) is 67.8. The van der Waals surface area contributed by atoms with Crippen molar-refractivity contribution in [3.63, 3.8) is 0 Å². The van der Waals surface area contributed by atoms with Crippen LogP contribution in [0.5, 0.6) is 11.5 Å². The predicted octanol–water partition coefficient (Wildman–Crippen LogP) is 14.3. The topological polar surface area (TPSA) is 332 Å². The number of piperazine rings is 2. The fraction of sp³-hybridized carbons (Fsp3) is 0.520. The normalized spacial score (nSPS) is 19.8. The lowest BCUT2D eigenvalue weighted by atomic mass is 9.81. The average Bonchev–Trinajstić information content (AvgIpc) is 1.56. The van der Waals surface area contributed by atoms with E-state index in [0.717, 1.165) is 258 Å². The van der Waals surface area contributed by atoms with Gasteiger partial charge >= 0.3 is 39.7 Å². The Labute approximate surface area is 828 Å². The zero-order valence-corrected chi connectivity index (χ0v) is 85.7. The number of ether oxygens (including phenoxy) is 3. The van der Waals surface area contributed by atoms with Crippen LogP contribution in [-0.4, -0.2) is 308 Å². The van der Waals surface area contributed by atoms with Crippen LogP contribution >= 0.6 is 0 Å². The molecule has 4 atom stereocenters. The first-order valence-electron chi connectivity index (χ1n) is 49.7. The quantitative estimate of drug-likeness (QED) is 0.0192. The Morgan fingerprint density at radius 2 is 1.05 bits per heavy atom. The molecule has 4 bridgehead atoms. The number of nitrogens with zero attached hydrogens (tertiary/aromatic N) is 17. The third kappa shape index (κ3) is 22.1. The molecule has 764 valence electrons. The Bertz CT molecular complexity index is 6690. The maximum atomic E-state index is 14.9. The summed E-state index contributed by atoms with van der Waals surface area (Å²) >= 11 is 0. The van der Waals surface area contributed by atoms with Crippen LogP contribution in [0.4, 0.5) is 17.3 Å². The van der Waals surface area contributed by atoms with Gasteiger partial charge in [-0.2, -0.15) is 35.6 Å². The number of hydrogen-bond donors (Lipinski definition) is 4. The molecule has 10 aromatic rings. The van der Waals surface area contributed by atoms with Crippen molar-refractivity contribution in [1.82, 2.24) is 91.7 Å². The molecule has 5 aromatic carbocycles. The molecule has 0 radical (unpaired) electrons. The van der Waals surface area contributed by atoms with E-state index in [9.17, 15) is 58.4 Å². The van der Waals surface area contributed by atoms with Crippen molar-refractivity contribution in [1.29, 1.82) is 0 Å². The Balaban J connectivity index is 0.000000150. The summed E-state index contributed by atoms with van der Waals surface area (Å²) < 4.78 is 123. The molecule has 4 saturated carbocycles. The minimum Gasteiger partial charge on any atom is -0.497 e. The van der Waals surface area contributed by atoms with E-state index in [1.807, 2.05) is 110 Å². The molecule has 3 amide bonds. The lowest BCUT2D eigenvalue weighted by Crippen LogP contribution is -2.48. The van der Waals surface area contributed by atoms with Crippen molar-refractivity contribution in [2.45, 2.75) is 204 Å². The van der Waals surface area contributed by atoms with Gasteiger partial charge in [0.15, 0.2) is 0 Å². The van der Waals surface area contributed by atoms with E-state index in [1.165, 1.54) is 83.1 Å². The summed E-state index contributed by atoms with van der Waals surface area (Å²) in [7, 11) is 4.59. The van der Waals surface area contributed by atoms with Crippen LogP contribution in [0.1, 0.15) is 240 Å². The molecule has 0 unspecified atom stereocenters. The molecule has 142 heavy (non-hydrogen) atoms. The first kappa shape index (κ1) is 104. The van der Waals surface area contributed by atoms with E-state index < -0.39 is 45.5 Å². The molecule has 40 heteroatoms. The number of aromatic carboxylic acids is 1. The number of rotatable bonds is 19. The van der Waals surface area contributed by atoms with Gasteiger partial charge in [0.25, 0.3) is 17.7 Å². The van der Waals surface area contributed by atoms with Crippen molar-refractivity contribution in [2.75, 3.05) is 143 Å². The second kappa shape index (κ2) is 43.7. The van der Waals surface area contributed by atoms with Gasteiger partial charge in [0.2, 0.25) is 0 Å². The number of nitrogens with one attached hydrogen (secondary N) is 3. The van der Waals surface area contributed by atoms with Crippen LogP contribution in [-0.2, 0) is 38.2 Å². The van der Waals surface area contributed by atoms with Gasteiger partial charge in [0, 0.05) is 136 Å². The number of carboxylic acids is 1. The van der Waals surface area contributed by atoms with Crippen LogP contribution < -0.4 is 29.1 Å². The van der Waals surface area contributed by atoms with Crippen molar-refractivity contribution >= 4 is 114 Å². The summed E-state index contributed by atoms with van der Waals surface area (Å²) in [4.78, 5) is 73.1. The van der Waals surface area contributed by atoms with Crippen LogP contribution in [0.15, 0.2) is 97.1 Å². The van der Waals surface area contributed by atoms with Gasteiger partial charge in [0.05, 0.1) is 121 Å². The summed E-state index contributed by atoms with van der Waals surface area (Å²) in [6.45, 7) is 19.4. The van der Waals surface area contributed by atoms with Gasteiger partial charge in [-0.1, -0.05) is 81.5 Å². The van der Waals surface area contributed by atoms with Gasteiger partial charge in [-0.15, -0.1) is 5.10 Å². The van der Waals surface area contributed by atoms with Gasteiger partial charge in [-0.25, -0.2) is 23.7 Å². The number of carboxylic acid groups (broad SMARTS) is 1. The number of likely N-dealkylation sites (N-methyl/N-ethyl adjacent to an activating group) is 3. The number of hydrogen-bond acceptors (Lipinski definition) is 20. The fourth-order valence-electron chi connectivity index (χ4n) is 22.0. The average molecular weight is 2000 g/mol. The first-order valence-corrected chi connectivity index (χ1v) is 52.6. The maximum Gasteiger partial charge on any atom is 0.673 e. The number of carbonyl (C=O) groups is 4. The molecule has 33 nitrogen and oxygen atoms in total. The summed E-state index contributed by atoms with van der Waals surface area (Å²) in [5.41, 5.74) is 17.7. The van der Waals surface area contributed by atoms with Crippen molar-refractivity contribution < 1.29 is 82.0 Å². The number of likely N-dealkylation sites (tertiary alicyclic amines) is 3. The number of aromatic nitrogens is 9. The Kier molecular flexibility index (Phi) is 31.8. The number of aryl methyl sites for hydroxylation is 2. The summed E-state index contributed by atoms with van der Waals surface area (Å²) in [6.07, 6.45) is 24.0.